The Morgan fingerprint density at radius 1 is 1.21 bits per heavy atom. The van der Waals surface area contributed by atoms with Crippen LogP contribution in [0.4, 0.5) is 0 Å². The third kappa shape index (κ3) is 5.02. The molecule has 132 valence electrons. The summed E-state index contributed by atoms with van der Waals surface area (Å²) in [7, 11) is 3.56. The molecule has 1 aromatic rings. The van der Waals surface area contributed by atoms with Gasteiger partial charge in [-0.3, -0.25) is 9.59 Å². The maximum Gasteiger partial charge on any atom is 0.253 e. The van der Waals surface area contributed by atoms with Gasteiger partial charge < -0.3 is 25.6 Å². The number of hydrogen-bond acceptors (Lipinski definition) is 5. The number of nitrogens with one attached hydrogen (secondary N) is 1. The lowest BCUT2D eigenvalue weighted by molar-refractivity contribution is -0.123. The summed E-state index contributed by atoms with van der Waals surface area (Å²) in [6.45, 7) is 3.87. The van der Waals surface area contributed by atoms with E-state index in [2.05, 4.69) is 17.3 Å². The van der Waals surface area contributed by atoms with Crippen molar-refractivity contribution in [2.45, 2.75) is 12.6 Å². The molecule has 0 aliphatic carbocycles. The Kier molecular flexibility index (Phi) is 6.72. The SMILES string of the molecule is COCC(N)C(=O)NCc1ccc(C(=O)N2CCN(C)CC2)cc1. The number of methoxy groups -OCH3 is 1. The Hall–Kier alpha value is -1.96. The molecule has 7 heteroatoms. The molecule has 0 aromatic heterocycles. The van der Waals surface area contributed by atoms with Gasteiger partial charge in [-0.25, -0.2) is 0 Å². The van der Waals surface area contributed by atoms with Crippen LogP contribution in [-0.2, 0) is 16.1 Å². The second-order valence-electron chi connectivity index (χ2n) is 6.07. The molecule has 1 aliphatic rings. The van der Waals surface area contributed by atoms with Gasteiger partial charge in [0.15, 0.2) is 0 Å². The second kappa shape index (κ2) is 8.77. The molecule has 24 heavy (non-hydrogen) atoms. The first kappa shape index (κ1) is 18.4. The summed E-state index contributed by atoms with van der Waals surface area (Å²) in [6, 6.07) is 6.64. The average Bonchev–Trinajstić information content (AvgIpc) is 2.60. The van der Waals surface area contributed by atoms with Crippen LogP contribution in [0.15, 0.2) is 24.3 Å². The van der Waals surface area contributed by atoms with Gasteiger partial charge in [-0.1, -0.05) is 12.1 Å². The summed E-state index contributed by atoms with van der Waals surface area (Å²) in [5.41, 5.74) is 7.25. The van der Waals surface area contributed by atoms with Crippen molar-refractivity contribution in [2.24, 2.45) is 5.73 Å². The maximum absolute atomic E-state index is 12.5. The summed E-state index contributed by atoms with van der Waals surface area (Å²) in [4.78, 5) is 28.3. The number of carbonyl (C=O) groups excluding carboxylic acids is 2. The van der Waals surface area contributed by atoms with Gasteiger partial charge in [0.1, 0.15) is 6.04 Å². The zero-order valence-corrected chi connectivity index (χ0v) is 14.3. The van der Waals surface area contributed by atoms with Crippen LogP contribution in [0, 0.1) is 0 Å². The lowest BCUT2D eigenvalue weighted by Gasteiger charge is -2.32. The smallest absolute Gasteiger partial charge is 0.253 e. The van der Waals surface area contributed by atoms with Crippen LogP contribution in [0.3, 0.4) is 0 Å². The van der Waals surface area contributed by atoms with Crippen molar-refractivity contribution in [1.82, 2.24) is 15.1 Å². The topological polar surface area (TPSA) is 87.9 Å². The van der Waals surface area contributed by atoms with Gasteiger partial charge in [0.2, 0.25) is 5.91 Å². The van der Waals surface area contributed by atoms with Crippen LogP contribution < -0.4 is 11.1 Å². The van der Waals surface area contributed by atoms with Crippen molar-refractivity contribution in [3.63, 3.8) is 0 Å². The third-order valence-corrected chi connectivity index (χ3v) is 4.14. The summed E-state index contributed by atoms with van der Waals surface area (Å²) in [6.07, 6.45) is 0. The average molecular weight is 334 g/mol. The molecule has 0 saturated carbocycles. The monoisotopic (exact) mass is 334 g/mol. The van der Waals surface area contributed by atoms with Crippen LogP contribution in [0.5, 0.6) is 0 Å². The molecular formula is C17H26N4O3. The Morgan fingerprint density at radius 3 is 2.42 bits per heavy atom. The maximum atomic E-state index is 12.5. The molecule has 7 nitrogen and oxygen atoms in total. The number of nitrogens with zero attached hydrogens (tertiary/aromatic N) is 2. The minimum atomic E-state index is -0.673. The lowest BCUT2D eigenvalue weighted by atomic mass is 10.1. The predicted octanol–water partition coefficient (Wildman–Crippen LogP) is -0.336. The molecule has 0 spiro atoms. The number of hydrogen-bond donors (Lipinski definition) is 2. The van der Waals surface area contributed by atoms with Crippen molar-refractivity contribution < 1.29 is 14.3 Å². The molecule has 1 atom stereocenters. The minimum Gasteiger partial charge on any atom is -0.383 e. The molecule has 1 saturated heterocycles. The van der Waals surface area contributed by atoms with Crippen LogP contribution in [-0.4, -0.2) is 74.6 Å². The van der Waals surface area contributed by atoms with Crippen LogP contribution >= 0.6 is 0 Å². The summed E-state index contributed by atoms with van der Waals surface area (Å²) in [5.74, 6) is -0.199. The van der Waals surface area contributed by atoms with E-state index in [0.717, 1.165) is 31.7 Å². The highest BCUT2D eigenvalue weighted by Gasteiger charge is 2.20. The normalized spacial score (nSPS) is 16.7. The van der Waals surface area contributed by atoms with E-state index in [1.165, 1.54) is 7.11 Å². The third-order valence-electron chi connectivity index (χ3n) is 4.14. The van der Waals surface area contributed by atoms with E-state index in [1.807, 2.05) is 17.0 Å². The van der Waals surface area contributed by atoms with E-state index in [4.69, 9.17) is 10.5 Å². The molecule has 2 amide bonds. The zero-order valence-electron chi connectivity index (χ0n) is 14.3. The van der Waals surface area contributed by atoms with Crippen molar-refractivity contribution in [2.75, 3.05) is 46.9 Å². The quantitative estimate of drug-likeness (QED) is 0.743. The Morgan fingerprint density at radius 2 is 1.83 bits per heavy atom. The summed E-state index contributed by atoms with van der Waals surface area (Å²) >= 11 is 0. The molecule has 2 rings (SSSR count). The highest BCUT2D eigenvalue weighted by atomic mass is 16.5. The molecule has 1 unspecified atom stereocenters. The Labute approximate surface area is 142 Å². The van der Waals surface area contributed by atoms with E-state index < -0.39 is 6.04 Å². The number of likely N-dealkylation sites (N-methyl/N-ethyl adjacent to an activating group) is 1. The highest BCUT2D eigenvalue weighted by Crippen LogP contribution is 2.10. The van der Waals surface area contributed by atoms with Crippen LogP contribution in [0.2, 0.25) is 0 Å². The van der Waals surface area contributed by atoms with Gasteiger partial charge >= 0.3 is 0 Å². The number of nitrogens with two attached hydrogens (primary N) is 1. The second-order valence-corrected chi connectivity index (χ2v) is 6.07. The molecular weight excluding hydrogens is 308 g/mol. The van der Waals surface area contributed by atoms with Crippen molar-refractivity contribution in [3.05, 3.63) is 35.4 Å². The number of benzene rings is 1. The molecule has 1 heterocycles. The first-order valence-electron chi connectivity index (χ1n) is 8.10. The van der Waals surface area contributed by atoms with E-state index in [-0.39, 0.29) is 18.4 Å². The molecule has 3 N–H and O–H groups in total. The van der Waals surface area contributed by atoms with Gasteiger partial charge in [0.25, 0.3) is 5.91 Å². The fourth-order valence-corrected chi connectivity index (χ4v) is 2.53. The van der Waals surface area contributed by atoms with Crippen LogP contribution in [0.25, 0.3) is 0 Å². The van der Waals surface area contributed by atoms with Gasteiger partial charge in [0, 0.05) is 45.4 Å². The number of piperazine rings is 1. The molecule has 0 bridgehead atoms. The van der Waals surface area contributed by atoms with Crippen molar-refractivity contribution >= 4 is 11.8 Å². The number of carbonyl (C=O) groups is 2. The first-order valence-corrected chi connectivity index (χ1v) is 8.10. The Bertz CT molecular complexity index is 553. The molecule has 1 fully saturated rings. The van der Waals surface area contributed by atoms with Gasteiger partial charge in [-0.15, -0.1) is 0 Å². The standard InChI is InChI=1S/C17H26N4O3/c1-20-7-9-21(10-8-20)17(23)14-5-3-13(4-6-14)11-19-16(22)15(18)12-24-2/h3-6,15H,7-12,18H2,1-2H3,(H,19,22). The number of rotatable bonds is 6. The molecule has 1 aliphatic heterocycles. The van der Waals surface area contributed by atoms with E-state index in [9.17, 15) is 9.59 Å². The first-order chi connectivity index (χ1) is 11.5. The lowest BCUT2D eigenvalue weighted by Crippen LogP contribution is -2.47. The largest absolute Gasteiger partial charge is 0.383 e. The van der Waals surface area contributed by atoms with Crippen molar-refractivity contribution in [1.29, 1.82) is 0 Å². The van der Waals surface area contributed by atoms with Crippen LogP contribution in [0.1, 0.15) is 15.9 Å². The van der Waals surface area contributed by atoms with Crippen molar-refractivity contribution in [3.8, 4) is 0 Å². The van der Waals surface area contributed by atoms with Gasteiger partial charge in [0.05, 0.1) is 6.61 Å². The zero-order chi connectivity index (χ0) is 17.5. The fraction of sp³-hybridized carbons (Fsp3) is 0.529. The molecule has 0 radical (unpaired) electrons. The summed E-state index contributed by atoms with van der Waals surface area (Å²) < 4.78 is 4.85. The van der Waals surface area contributed by atoms with Gasteiger partial charge in [-0.05, 0) is 24.7 Å². The van der Waals surface area contributed by atoms with E-state index >= 15 is 0 Å². The predicted molar refractivity (Wildman–Crippen MR) is 91.5 cm³/mol. The minimum absolute atomic E-state index is 0.0563. The number of amides is 2. The Balaban J connectivity index is 1.86. The van der Waals surface area contributed by atoms with E-state index in [0.29, 0.717) is 12.1 Å². The molecule has 1 aromatic carbocycles. The number of ether oxygens (including phenoxy) is 1. The highest BCUT2D eigenvalue weighted by molar-refractivity contribution is 5.94. The van der Waals surface area contributed by atoms with E-state index in [1.54, 1.807) is 12.1 Å². The summed E-state index contributed by atoms with van der Waals surface area (Å²) in [5, 5.41) is 2.76. The van der Waals surface area contributed by atoms with Gasteiger partial charge in [-0.2, -0.15) is 0 Å². The fourth-order valence-electron chi connectivity index (χ4n) is 2.53.